The average Bonchev–Trinajstić information content (AvgIpc) is 1.37. The molecule has 0 aliphatic heterocycles. The number of hydrogen-bond donors (Lipinski definition) is 0. The molecule has 0 aliphatic rings. The number of allylic oxidation sites excluding steroid dienone is 1. The molecule has 0 fully saturated rings. The van der Waals surface area contributed by atoms with E-state index in [1.807, 2.05) is 37.8 Å². The first-order valence-electron chi connectivity index (χ1n) is 1.20. The van der Waals surface area contributed by atoms with Crippen molar-refractivity contribution in [3.63, 3.8) is 0 Å². The average molecular weight is 88.9 g/mol. The molecule has 0 unspecified atom stereocenters. The maximum absolute atomic E-state index is 2.00. The van der Waals surface area contributed by atoms with Gasteiger partial charge in [0.2, 0.25) is 0 Å². The SMILES string of the molecule is CC=[CH][Ti]. The standard InChI is InChI=1S/C3H5.Ti/c1-3-2;/h1,3H,2H3;. The van der Waals surface area contributed by atoms with E-state index < -0.39 is 0 Å². The van der Waals surface area contributed by atoms with E-state index in [0.717, 1.165) is 0 Å². The first-order chi connectivity index (χ1) is 1.91. The van der Waals surface area contributed by atoms with Crippen LogP contribution in [-0.4, -0.2) is 0 Å². The van der Waals surface area contributed by atoms with E-state index in [2.05, 4.69) is 0 Å². The molecule has 0 nitrogen and oxygen atoms in total. The molecular formula is C3H5Ti. The van der Waals surface area contributed by atoms with Gasteiger partial charge in [0.1, 0.15) is 0 Å². The number of rotatable bonds is 0. The van der Waals surface area contributed by atoms with Crippen molar-refractivity contribution in [3.05, 3.63) is 10.5 Å². The Kier molecular flexibility index (Phi) is 3.85. The quantitative estimate of drug-likeness (QED) is 0.389. The zero-order valence-electron chi connectivity index (χ0n) is 2.65. The van der Waals surface area contributed by atoms with Crippen LogP contribution in [0.3, 0.4) is 0 Å². The summed E-state index contributed by atoms with van der Waals surface area (Å²) in [6.07, 6.45) is 2.00. The van der Waals surface area contributed by atoms with Crippen LogP contribution < -0.4 is 0 Å². The molecule has 0 aromatic heterocycles. The van der Waals surface area contributed by atoms with Crippen LogP contribution in [0.15, 0.2) is 10.5 Å². The summed E-state index contributed by atoms with van der Waals surface area (Å²) in [5.74, 6) is 0. The topological polar surface area (TPSA) is 0 Å². The molecule has 0 bridgehead atoms. The van der Waals surface area contributed by atoms with Gasteiger partial charge in [0.15, 0.2) is 0 Å². The van der Waals surface area contributed by atoms with Crippen molar-refractivity contribution in [2.45, 2.75) is 6.92 Å². The molecule has 0 rings (SSSR count). The fourth-order valence-corrected chi connectivity index (χ4v) is 0. The Hall–Kier alpha value is 0.454. The Labute approximate surface area is 38.3 Å². The fraction of sp³-hybridized carbons (Fsp3) is 0.333. The van der Waals surface area contributed by atoms with Crippen LogP contribution in [0.5, 0.6) is 0 Å². The van der Waals surface area contributed by atoms with Gasteiger partial charge in [-0.05, 0) is 0 Å². The molecule has 0 amide bonds. The van der Waals surface area contributed by atoms with E-state index in [4.69, 9.17) is 0 Å². The summed E-state index contributed by atoms with van der Waals surface area (Å²) in [6.45, 7) is 2.00. The Bertz CT molecular complexity index is 18.5. The van der Waals surface area contributed by atoms with Crippen LogP contribution in [0.1, 0.15) is 6.92 Å². The molecule has 0 spiro atoms. The first-order valence-corrected chi connectivity index (χ1v) is 2.10. The summed E-state index contributed by atoms with van der Waals surface area (Å²) in [5, 5.41) is 0. The van der Waals surface area contributed by atoms with Crippen molar-refractivity contribution < 1.29 is 20.4 Å². The fourth-order valence-electron chi connectivity index (χ4n) is 0. The summed E-state index contributed by atoms with van der Waals surface area (Å²) < 4.78 is 2.00. The second kappa shape index (κ2) is 3.45. The molecule has 0 heterocycles. The predicted octanol–water partition coefficient (Wildman–Crippen LogP) is 1.07. The van der Waals surface area contributed by atoms with Gasteiger partial charge in [-0.15, -0.1) is 0 Å². The molecule has 0 aromatic rings. The zero-order chi connectivity index (χ0) is 3.41. The van der Waals surface area contributed by atoms with E-state index in [9.17, 15) is 0 Å². The van der Waals surface area contributed by atoms with Crippen LogP contribution in [0, 0.1) is 0 Å². The molecule has 21 valence electrons. The van der Waals surface area contributed by atoms with Crippen molar-refractivity contribution in [3.8, 4) is 0 Å². The first kappa shape index (κ1) is 4.45. The third-order valence-corrected chi connectivity index (χ3v) is 0.687. The Balaban J connectivity index is 2.55. The third-order valence-electron chi connectivity index (χ3n) is 0.167. The molecule has 0 saturated carbocycles. The molecule has 4 heavy (non-hydrogen) atoms. The molecule has 1 heteroatoms. The van der Waals surface area contributed by atoms with Crippen molar-refractivity contribution in [1.29, 1.82) is 0 Å². The summed E-state index contributed by atoms with van der Waals surface area (Å²) in [5.41, 5.74) is 0. The van der Waals surface area contributed by atoms with E-state index in [1.165, 1.54) is 0 Å². The van der Waals surface area contributed by atoms with E-state index >= 15 is 0 Å². The number of hydrogen-bond acceptors (Lipinski definition) is 0. The van der Waals surface area contributed by atoms with Crippen LogP contribution in [0.2, 0.25) is 0 Å². The summed E-state index contributed by atoms with van der Waals surface area (Å²) in [4.78, 5) is 0. The Morgan fingerprint density at radius 2 is 2.00 bits per heavy atom. The van der Waals surface area contributed by atoms with E-state index in [1.54, 1.807) is 0 Å². The molecule has 0 aliphatic carbocycles. The molecule has 0 saturated heterocycles. The summed E-state index contributed by atoms with van der Waals surface area (Å²) >= 11 is 2.00. The van der Waals surface area contributed by atoms with Crippen LogP contribution >= 0.6 is 0 Å². The molecule has 0 N–H and O–H groups in total. The Morgan fingerprint density at radius 3 is 2.00 bits per heavy atom. The van der Waals surface area contributed by atoms with Gasteiger partial charge >= 0.3 is 37.8 Å². The van der Waals surface area contributed by atoms with Crippen molar-refractivity contribution in [2.75, 3.05) is 0 Å². The summed E-state index contributed by atoms with van der Waals surface area (Å²) in [6, 6.07) is 0. The van der Waals surface area contributed by atoms with Crippen molar-refractivity contribution in [2.24, 2.45) is 0 Å². The predicted molar refractivity (Wildman–Crippen MR) is 14.8 cm³/mol. The Morgan fingerprint density at radius 1 is 1.75 bits per heavy atom. The summed E-state index contributed by atoms with van der Waals surface area (Å²) in [7, 11) is 0. The van der Waals surface area contributed by atoms with Crippen LogP contribution in [0.4, 0.5) is 0 Å². The normalized spacial score (nSPS) is 9.00. The van der Waals surface area contributed by atoms with Crippen LogP contribution in [0.25, 0.3) is 0 Å². The van der Waals surface area contributed by atoms with E-state index in [-0.39, 0.29) is 0 Å². The maximum atomic E-state index is 2.00. The van der Waals surface area contributed by atoms with Crippen LogP contribution in [-0.2, 0) is 20.4 Å². The third kappa shape index (κ3) is 2.45. The van der Waals surface area contributed by atoms with Gasteiger partial charge in [-0.1, -0.05) is 0 Å². The molecule has 0 aromatic carbocycles. The van der Waals surface area contributed by atoms with Crippen molar-refractivity contribution >= 4 is 0 Å². The minimum atomic E-state index is 2.00. The zero-order valence-corrected chi connectivity index (χ0v) is 4.22. The van der Waals surface area contributed by atoms with E-state index in [0.29, 0.717) is 0 Å². The second-order valence-corrected chi connectivity index (χ2v) is 1.02. The van der Waals surface area contributed by atoms with Gasteiger partial charge in [-0.25, -0.2) is 0 Å². The monoisotopic (exact) mass is 89.0 g/mol. The van der Waals surface area contributed by atoms with Crippen molar-refractivity contribution in [1.82, 2.24) is 0 Å². The minimum absolute atomic E-state index is 2.00. The van der Waals surface area contributed by atoms with Gasteiger partial charge in [0.05, 0.1) is 0 Å². The van der Waals surface area contributed by atoms with Gasteiger partial charge < -0.3 is 0 Å². The van der Waals surface area contributed by atoms with Gasteiger partial charge in [0, 0.05) is 0 Å². The molecular weight excluding hydrogens is 83.9 g/mol. The molecule has 0 atom stereocenters. The van der Waals surface area contributed by atoms with Gasteiger partial charge in [-0.2, -0.15) is 0 Å². The molecule has 0 radical (unpaired) electrons. The van der Waals surface area contributed by atoms with Gasteiger partial charge in [-0.3, -0.25) is 0 Å². The second-order valence-electron chi connectivity index (χ2n) is 0.500. The van der Waals surface area contributed by atoms with Gasteiger partial charge in [0.25, 0.3) is 0 Å².